The number of thioether (sulfide) groups is 1. The summed E-state index contributed by atoms with van der Waals surface area (Å²) in [5.41, 5.74) is -0.0608. The van der Waals surface area contributed by atoms with Crippen molar-refractivity contribution in [3.8, 4) is 0 Å². The zero-order chi connectivity index (χ0) is 11.9. The number of fused-ring (bicyclic) bond motifs is 1. The Balaban J connectivity index is 2.38. The fraction of sp³-hybridized carbons (Fsp3) is 0.417. The van der Waals surface area contributed by atoms with Gasteiger partial charge in [0, 0.05) is 10.1 Å². The first kappa shape index (κ1) is 11.5. The molecule has 1 atom stereocenters. The van der Waals surface area contributed by atoms with Gasteiger partial charge in [0.2, 0.25) is 0 Å². The summed E-state index contributed by atoms with van der Waals surface area (Å²) in [6, 6.07) is 5.17. The van der Waals surface area contributed by atoms with Crippen LogP contribution < -0.4 is 0 Å². The number of halogens is 1. The van der Waals surface area contributed by atoms with E-state index < -0.39 is 11.6 Å². The first-order chi connectivity index (χ1) is 7.39. The van der Waals surface area contributed by atoms with E-state index in [1.54, 1.807) is 12.1 Å². The molecule has 1 aromatic rings. The van der Waals surface area contributed by atoms with Gasteiger partial charge in [-0.25, -0.2) is 9.18 Å². The van der Waals surface area contributed by atoms with Crippen LogP contribution in [0.4, 0.5) is 4.39 Å². The van der Waals surface area contributed by atoms with Crippen LogP contribution in [0, 0.1) is 0 Å². The van der Waals surface area contributed by atoms with Gasteiger partial charge in [-0.05, 0) is 31.9 Å². The number of aromatic carboxylic acids is 1. The number of benzene rings is 1. The summed E-state index contributed by atoms with van der Waals surface area (Å²) in [7, 11) is 0. The number of hydrogen-bond acceptors (Lipinski definition) is 2. The maximum absolute atomic E-state index is 13.8. The third-order valence-electron chi connectivity index (χ3n) is 2.76. The molecule has 1 N–H and O–H groups in total. The molecular formula is C12H13FO2S. The predicted molar refractivity (Wildman–Crippen MR) is 61.9 cm³/mol. The van der Waals surface area contributed by atoms with E-state index in [9.17, 15) is 9.18 Å². The Kier molecular flexibility index (Phi) is 2.70. The lowest BCUT2D eigenvalue weighted by Crippen LogP contribution is -2.27. The highest BCUT2D eigenvalue weighted by Crippen LogP contribution is 2.44. The van der Waals surface area contributed by atoms with Gasteiger partial charge < -0.3 is 5.11 Å². The molecule has 0 saturated carbocycles. The van der Waals surface area contributed by atoms with Gasteiger partial charge in [-0.3, -0.25) is 0 Å². The van der Waals surface area contributed by atoms with Crippen LogP contribution in [-0.2, 0) is 6.42 Å². The standard InChI is InChI=1S/C12H13FO2S/c1-12(2,13)9-6-7-4-3-5-8(11(14)15)10(7)16-9/h3-5,9H,6H2,1-2H3,(H,14,15). The van der Waals surface area contributed by atoms with Gasteiger partial charge in [0.05, 0.1) is 5.56 Å². The summed E-state index contributed by atoms with van der Waals surface area (Å²) in [5, 5.41) is 8.84. The molecule has 0 bridgehead atoms. The molecule has 2 rings (SSSR count). The molecule has 4 heteroatoms. The van der Waals surface area contributed by atoms with Crippen LogP contribution in [-0.4, -0.2) is 22.0 Å². The Labute approximate surface area is 97.9 Å². The van der Waals surface area contributed by atoms with Crippen molar-refractivity contribution in [2.24, 2.45) is 0 Å². The highest BCUT2D eigenvalue weighted by Gasteiger charge is 2.37. The van der Waals surface area contributed by atoms with E-state index in [0.717, 1.165) is 10.5 Å². The lowest BCUT2D eigenvalue weighted by atomic mass is 9.99. The second-order valence-corrected chi connectivity index (χ2v) is 5.69. The van der Waals surface area contributed by atoms with E-state index in [1.165, 1.54) is 25.6 Å². The summed E-state index contributed by atoms with van der Waals surface area (Å²) in [4.78, 5) is 11.7. The maximum Gasteiger partial charge on any atom is 0.336 e. The van der Waals surface area contributed by atoms with Crippen molar-refractivity contribution in [3.63, 3.8) is 0 Å². The van der Waals surface area contributed by atoms with Gasteiger partial charge in [-0.2, -0.15) is 0 Å². The molecule has 0 fully saturated rings. The van der Waals surface area contributed by atoms with E-state index in [1.807, 2.05) is 6.07 Å². The Morgan fingerprint density at radius 3 is 2.81 bits per heavy atom. The van der Waals surface area contributed by atoms with Crippen LogP contribution in [0.25, 0.3) is 0 Å². The van der Waals surface area contributed by atoms with Crippen molar-refractivity contribution in [1.29, 1.82) is 0 Å². The summed E-state index contributed by atoms with van der Waals surface area (Å²) in [6.07, 6.45) is 0.602. The third-order valence-corrected chi connectivity index (χ3v) is 4.49. The first-order valence-corrected chi connectivity index (χ1v) is 5.98. The lowest BCUT2D eigenvalue weighted by molar-refractivity contribution is 0.0693. The molecular weight excluding hydrogens is 227 g/mol. The molecule has 0 saturated heterocycles. The molecule has 0 radical (unpaired) electrons. The molecule has 16 heavy (non-hydrogen) atoms. The largest absolute Gasteiger partial charge is 0.478 e. The van der Waals surface area contributed by atoms with Crippen molar-refractivity contribution >= 4 is 17.7 Å². The Morgan fingerprint density at radius 1 is 1.56 bits per heavy atom. The highest BCUT2D eigenvalue weighted by atomic mass is 32.2. The molecule has 0 spiro atoms. The van der Waals surface area contributed by atoms with Gasteiger partial charge in [0.25, 0.3) is 0 Å². The minimum atomic E-state index is -1.29. The molecule has 1 aliphatic rings. The van der Waals surface area contributed by atoms with Gasteiger partial charge in [0.15, 0.2) is 0 Å². The molecule has 0 amide bonds. The zero-order valence-corrected chi connectivity index (χ0v) is 9.97. The van der Waals surface area contributed by atoms with Crippen LogP contribution >= 0.6 is 11.8 Å². The minimum absolute atomic E-state index is 0.192. The topological polar surface area (TPSA) is 37.3 Å². The fourth-order valence-corrected chi connectivity index (χ4v) is 3.23. The summed E-state index contributed by atoms with van der Waals surface area (Å²) < 4.78 is 13.8. The van der Waals surface area contributed by atoms with Gasteiger partial charge >= 0.3 is 5.97 Å². The Morgan fingerprint density at radius 2 is 2.25 bits per heavy atom. The maximum atomic E-state index is 13.8. The molecule has 1 heterocycles. The van der Waals surface area contributed by atoms with E-state index in [0.29, 0.717) is 6.42 Å². The fourth-order valence-electron chi connectivity index (χ4n) is 1.82. The average molecular weight is 240 g/mol. The van der Waals surface area contributed by atoms with E-state index in [4.69, 9.17) is 5.11 Å². The smallest absolute Gasteiger partial charge is 0.336 e. The van der Waals surface area contributed by atoms with Gasteiger partial charge in [0.1, 0.15) is 5.67 Å². The highest BCUT2D eigenvalue weighted by molar-refractivity contribution is 8.00. The molecule has 1 aromatic carbocycles. The number of hydrogen-bond donors (Lipinski definition) is 1. The van der Waals surface area contributed by atoms with Crippen molar-refractivity contribution in [2.45, 2.75) is 36.1 Å². The van der Waals surface area contributed by atoms with Crippen molar-refractivity contribution in [1.82, 2.24) is 0 Å². The monoisotopic (exact) mass is 240 g/mol. The van der Waals surface area contributed by atoms with Crippen LogP contribution in [0.5, 0.6) is 0 Å². The summed E-state index contributed by atoms with van der Waals surface area (Å²) in [6.45, 7) is 3.08. The number of carboxylic acids is 1. The second-order valence-electron chi connectivity index (χ2n) is 4.47. The molecule has 0 aromatic heterocycles. The summed E-state index contributed by atoms with van der Waals surface area (Å²) >= 11 is 1.34. The van der Waals surface area contributed by atoms with E-state index in [-0.39, 0.29) is 10.8 Å². The summed E-state index contributed by atoms with van der Waals surface area (Å²) in [5.74, 6) is -0.943. The molecule has 2 nitrogen and oxygen atoms in total. The van der Waals surface area contributed by atoms with Crippen LogP contribution in [0.2, 0.25) is 0 Å². The molecule has 1 unspecified atom stereocenters. The number of rotatable bonds is 2. The molecule has 1 aliphatic heterocycles. The number of carbonyl (C=O) groups is 1. The second kappa shape index (κ2) is 3.77. The van der Waals surface area contributed by atoms with Crippen LogP contribution in [0.15, 0.2) is 23.1 Å². The van der Waals surface area contributed by atoms with Crippen LogP contribution in [0.3, 0.4) is 0 Å². The third kappa shape index (κ3) is 1.94. The first-order valence-electron chi connectivity index (χ1n) is 5.10. The van der Waals surface area contributed by atoms with E-state index in [2.05, 4.69) is 0 Å². The van der Waals surface area contributed by atoms with Crippen molar-refractivity contribution in [2.75, 3.05) is 0 Å². The predicted octanol–water partition coefficient (Wildman–Crippen LogP) is 3.15. The number of carboxylic acid groups (broad SMARTS) is 1. The lowest BCUT2D eigenvalue weighted by Gasteiger charge is -2.21. The van der Waals surface area contributed by atoms with Gasteiger partial charge in [-0.1, -0.05) is 12.1 Å². The normalized spacial score (nSPS) is 19.6. The van der Waals surface area contributed by atoms with E-state index >= 15 is 0 Å². The minimum Gasteiger partial charge on any atom is -0.478 e. The van der Waals surface area contributed by atoms with Crippen molar-refractivity contribution in [3.05, 3.63) is 29.3 Å². The quantitative estimate of drug-likeness (QED) is 0.862. The Bertz CT molecular complexity index is 437. The average Bonchev–Trinajstić information content (AvgIpc) is 2.59. The van der Waals surface area contributed by atoms with Crippen LogP contribution in [0.1, 0.15) is 29.8 Å². The van der Waals surface area contributed by atoms with Gasteiger partial charge in [-0.15, -0.1) is 11.8 Å². The SMILES string of the molecule is CC(C)(F)C1Cc2cccc(C(=O)O)c2S1. The zero-order valence-electron chi connectivity index (χ0n) is 9.16. The Hall–Kier alpha value is -1.03. The molecule has 0 aliphatic carbocycles. The molecule has 86 valence electrons. The number of alkyl halides is 1. The van der Waals surface area contributed by atoms with Crippen molar-refractivity contribution < 1.29 is 14.3 Å².